The van der Waals surface area contributed by atoms with Gasteiger partial charge in [-0.15, -0.1) is 5.10 Å². The summed E-state index contributed by atoms with van der Waals surface area (Å²) in [5, 5.41) is 4.84. The van der Waals surface area contributed by atoms with Crippen LogP contribution in [-0.4, -0.2) is 53.2 Å². The van der Waals surface area contributed by atoms with Gasteiger partial charge in [0.1, 0.15) is 0 Å². The van der Waals surface area contributed by atoms with E-state index in [1.54, 1.807) is 18.2 Å². The maximum atomic E-state index is 12.8. The van der Waals surface area contributed by atoms with Crippen LogP contribution in [0.4, 0.5) is 0 Å². The molecule has 3 aromatic rings. The fourth-order valence-electron chi connectivity index (χ4n) is 3.00. The van der Waals surface area contributed by atoms with Gasteiger partial charge in [-0.25, -0.2) is 22.3 Å². The molecule has 0 spiro atoms. The highest BCUT2D eigenvalue weighted by Gasteiger charge is 2.27. The molecule has 1 aromatic carbocycles. The highest BCUT2D eigenvalue weighted by molar-refractivity contribution is 7.89. The van der Waals surface area contributed by atoms with Crippen molar-refractivity contribution in [1.82, 2.24) is 18.5 Å². The lowest BCUT2D eigenvalue weighted by Gasteiger charge is -2.25. The number of hydrogen-bond acceptors (Lipinski definition) is 5. The predicted octanol–water partition coefficient (Wildman–Crippen LogP) is 1.22. The van der Waals surface area contributed by atoms with Gasteiger partial charge in [0, 0.05) is 24.3 Å². The van der Waals surface area contributed by atoms with E-state index in [4.69, 9.17) is 16.3 Å². The summed E-state index contributed by atoms with van der Waals surface area (Å²) in [5.74, 6) is 0. The van der Waals surface area contributed by atoms with E-state index in [1.807, 2.05) is 6.07 Å². The SMILES string of the molecule is O=c1n(Cc2cccc(Cl)c2)nc2ccc(S(=O)(=O)N3CCOCC3)cn12. The van der Waals surface area contributed by atoms with Gasteiger partial charge in [-0.05, 0) is 29.8 Å². The van der Waals surface area contributed by atoms with Crippen molar-refractivity contribution in [2.75, 3.05) is 26.3 Å². The summed E-state index contributed by atoms with van der Waals surface area (Å²) in [5.41, 5.74) is 0.793. The van der Waals surface area contributed by atoms with E-state index in [0.29, 0.717) is 37.0 Å². The van der Waals surface area contributed by atoms with Crippen LogP contribution in [0.15, 0.2) is 52.3 Å². The summed E-state index contributed by atoms with van der Waals surface area (Å²) in [6, 6.07) is 10.1. The van der Waals surface area contributed by atoms with Gasteiger partial charge >= 0.3 is 5.69 Å². The number of aromatic nitrogens is 3. The fraction of sp³-hybridized carbons (Fsp3) is 0.294. The zero-order valence-corrected chi connectivity index (χ0v) is 15.9. The smallest absolute Gasteiger partial charge is 0.350 e. The van der Waals surface area contributed by atoms with Crippen LogP contribution >= 0.6 is 11.6 Å². The predicted molar refractivity (Wildman–Crippen MR) is 99.6 cm³/mol. The first-order chi connectivity index (χ1) is 12.9. The summed E-state index contributed by atoms with van der Waals surface area (Å²) >= 11 is 5.98. The molecule has 0 aliphatic carbocycles. The van der Waals surface area contributed by atoms with E-state index in [9.17, 15) is 13.2 Å². The Morgan fingerprint density at radius 2 is 1.93 bits per heavy atom. The van der Waals surface area contributed by atoms with E-state index in [-0.39, 0.29) is 11.4 Å². The van der Waals surface area contributed by atoms with Crippen LogP contribution in [-0.2, 0) is 21.3 Å². The van der Waals surface area contributed by atoms with Crippen molar-refractivity contribution in [3.63, 3.8) is 0 Å². The first kappa shape index (κ1) is 18.2. The average Bonchev–Trinajstić information content (AvgIpc) is 2.98. The molecule has 1 aliphatic rings. The zero-order valence-electron chi connectivity index (χ0n) is 14.3. The van der Waals surface area contributed by atoms with Crippen LogP contribution in [0, 0.1) is 0 Å². The Morgan fingerprint density at radius 3 is 2.67 bits per heavy atom. The minimum absolute atomic E-state index is 0.0568. The van der Waals surface area contributed by atoms with Gasteiger partial charge in [0.05, 0.1) is 24.7 Å². The number of ether oxygens (including phenoxy) is 1. The summed E-state index contributed by atoms with van der Waals surface area (Å²) in [7, 11) is -3.69. The molecule has 3 heterocycles. The minimum Gasteiger partial charge on any atom is -0.379 e. The molecular formula is C17H17ClN4O4S. The molecule has 0 amide bonds. The normalized spacial score (nSPS) is 16.0. The number of hydrogen-bond donors (Lipinski definition) is 0. The van der Waals surface area contributed by atoms with Gasteiger partial charge in [-0.3, -0.25) is 0 Å². The molecular weight excluding hydrogens is 392 g/mol. The Balaban J connectivity index is 1.70. The lowest BCUT2D eigenvalue weighted by Crippen LogP contribution is -2.40. The Morgan fingerprint density at radius 1 is 1.15 bits per heavy atom. The van der Waals surface area contributed by atoms with Crippen LogP contribution in [0.3, 0.4) is 0 Å². The summed E-state index contributed by atoms with van der Waals surface area (Å²) < 4.78 is 34.7. The van der Waals surface area contributed by atoms with E-state index in [0.717, 1.165) is 5.56 Å². The van der Waals surface area contributed by atoms with Crippen molar-refractivity contribution in [1.29, 1.82) is 0 Å². The van der Waals surface area contributed by atoms with Crippen LogP contribution in [0.1, 0.15) is 5.56 Å². The third-order valence-electron chi connectivity index (χ3n) is 4.38. The molecule has 0 N–H and O–H groups in total. The number of rotatable bonds is 4. The molecule has 1 saturated heterocycles. The molecule has 10 heteroatoms. The summed E-state index contributed by atoms with van der Waals surface area (Å²) in [6.07, 6.45) is 1.32. The Kier molecular flexibility index (Phi) is 4.77. The molecule has 27 heavy (non-hydrogen) atoms. The van der Waals surface area contributed by atoms with Crippen molar-refractivity contribution >= 4 is 27.3 Å². The van der Waals surface area contributed by atoms with E-state index >= 15 is 0 Å². The van der Waals surface area contributed by atoms with Crippen LogP contribution in [0.25, 0.3) is 5.65 Å². The molecule has 8 nitrogen and oxygen atoms in total. The maximum Gasteiger partial charge on any atom is 0.350 e. The number of fused-ring (bicyclic) bond motifs is 1. The lowest BCUT2D eigenvalue weighted by atomic mass is 10.2. The van der Waals surface area contributed by atoms with Gasteiger partial charge in [0.15, 0.2) is 5.65 Å². The largest absolute Gasteiger partial charge is 0.379 e. The van der Waals surface area contributed by atoms with Crippen molar-refractivity contribution < 1.29 is 13.2 Å². The third kappa shape index (κ3) is 3.51. The first-order valence-electron chi connectivity index (χ1n) is 8.37. The van der Waals surface area contributed by atoms with Crippen LogP contribution in [0.2, 0.25) is 5.02 Å². The molecule has 0 unspecified atom stereocenters. The summed E-state index contributed by atoms with van der Waals surface area (Å²) in [6.45, 7) is 1.55. The van der Waals surface area contributed by atoms with E-state index in [2.05, 4.69) is 5.10 Å². The molecule has 4 rings (SSSR count). The first-order valence-corrected chi connectivity index (χ1v) is 10.2. The minimum atomic E-state index is -3.69. The maximum absolute atomic E-state index is 12.8. The highest BCUT2D eigenvalue weighted by Crippen LogP contribution is 2.17. The topological polar surface area (TPSA) is 85.9 Å². The second-order valence-electron chi connectivity index (χ2n) is 6.18. The van der Waals surface area contributed by atoms with E-state index in [1.165, 1.54) is 31.7 Å². The molecule has 142 valence electrons. The van der Waals surface area contributed by atoms with Crippen molar-refractivity contribution in [2.24, 2.45) is 0 Å². The Labute approximate surface area is 160 Å². The van der Waals surface area contributed by atoms with Gasteiger partial charge < -0.3 is 4.74 Å². The Bertz CT molecular complexity index is 1150. The fourth-order valence-corrected chi connectivity index (χ4v) is 4.62. The number of sulfonamides is 1. The molecule has 0 radical (unpaired) electrons. The Hall–Kier alpha value is -2.20. The van der Waals surface area contributed by atoms with Gasteiger partial charge in [0.25, 0.3) is 0 Å². The van der Waals surface area contributed by atoms with Crippen LogP contribution in [0.5, 0.6) is 0 Å². The van der Waals surface area contributed by atoms with Gasteiger partial charge in [-0.1, -0.05) is 23.7 Å². The average molecular weight is 409 g/mol. The van der Waals surface area contributed by atoms with Crippen molar-refractivity contribution in [3.8, 4) is 0 Å². The molecule has 0 bridgehead atoms. The second-order valence-corrected chi connectivity index (χ2v) is 8.55. The monoisotopic (exact) mass is 408 g/mol. The van der Waals surface area contributed by atoms with Crippen molar-refractivity contribution in [2.45, 2.75) is 11.4 Å². The lowest BCUT2D eigenvalue weighted by molar-refractivity contribution is 0.0730. The highest BCUT2D eigenvalue weighted by atomic mass is 35.5. The quantitative estimate of drug-likeness (QED) is 0.648. The molecule has 0 saturated carbocycles. The standard InChI is InChI=1S/C17H17ClN4O4S/c18-14-3-1-2-13(10-14)11-22-17(23)21-12-15(4-5-16(21)19-22)27(24,25)20-6-8-26-9-7-20/h1-5,10,12H,6-9,11H2. The molecule has 0 atom stereocenters. The zero-order chi connectivity index (χ0) is 19.0. The molecule has 1 fully saturated rings. The number of benzene rings is 1. The van der Waals surface area contributed by atoms with Crippen LogP contribution < -0.4 is 5.69 Å². The second kappa shape index (κ2) is 7.08. The van der Waals surface area contributed by atoms with Gasteiger partial charge in [-0.2, -0.15) is 4.31 Å². The van der Waals surface area contributed by atoms with Gasteiger partial charge in [0.2, 0.25) is 10.0 Å². The molecule has 1 aliphatic heterocycles. The van der Waals surface area contributed by atoms with Crippen molar-refractivity contribution in [3.05, 3.63) is 63.7 Å². The van der Waals surface area contributed by atoms with E-state index < -0.39 is 15.7 Å². The number of halogens is 1. The number of morpholine rings is 1. The third-order valence-corrected chi connectivity index (χ3v) is 6.50. The molecule has 2 aromatic heterocycles. The summed E-state index contributed by atoms with van der Waals surface area (Å²) in [4.78, 5) is 12.7. The number of nitrogens with zero attached hydrogens (tertiary/aromatic N) is 4. The number of pyridine rings is 1.